The van der Waals surface area contributed by atoms with Crippen LogP contribution in [0.1, 0.15) is 6.92 Å². The van der Waals surface area contributed by atoms with Gasteiger partial charge in [-0.1, -0.05) is 15.9 Å². The lowest BCUT2D eigenvalue weighted by Gasteiger charge is -2.08. The van der Waals surface area contributed by atoms with Crippen molar-refractivity contribution in [2.75, 3.05) is 27.1 Å². The minimum Gasteiger partial charge on any atom is -0.382 e. The van der Waals surface area contributed by atoms with E-state index in [0.717, 1.165) is 0 Å². The third-order valence-electron chi connectivity index (χ3n) is 1.19. The van der Waals surface area contributed by atoms with Crippen molar-refractivity contribution in [3.05, 3.63) is 11.1 Å². The maximum Gasteiger partial charge on any atom is 0.147 e. The molecule has 0 aliphatic rings. The van der Waals surface area contributed by atoms with E-state index in [4.69, 9.17) is 14.2 Å². The van der Waals surface area contributed by atoms with E-state index in [1.165, 1.54) is 0 Å². The lowest BCUT2D eigenvalue weighted by Crippen LogP contribution is -2.10. The fourth-order valence-electron chi connectivity index (χ4n) is 0.515. The van der Waals surface area contributed by atoms with E-state index in [1.807, 2.05) is 13.0 Å². The van der Waals surface area contributed by atoms with Crippen molar-refractivity contribution in [2.45, 2.75) is 13.0 Å². The highest BCUT2D eigenvalue weighted by Gasteiger charge is 1.94. The quantitative estimate of drug-likeness (QED) is 0.501. The molecule has 0 aromatic rings. The molecule has 0 saturated carbocycles. The number of rotatable bonds is 7. The number of halogens is 1. The zero-order chi connectivity index (χ0) is 9.23. The predicted octanol–water partition coefficient (Wildman–Crippen LogP) is 1.92. The van der Waals surface area contributed by atoms with Crippen molar-refractivity contribution >= 4 is 15.9 Å². The second-order valence-electron chi connectivity index (χ2n) is 2.21. The van der Waals surface area contributed by atoms with E-state index >= 15 is 0 Å². The highest BCUT2D eigenvalue weighted by molar-refractivity contribution is 9.11. The van der Waals surface area contributed by atoms with Gasteiger partial charge >= 0.3 is 0 Å². The van der Waals surface area contributed by atoms with Gasteiger partial charge in [-0.25, -0.2) is 0 Å². The Labute approximate surface area is 81.8 Å². The average molecular weight is 239 g/mol. The normalized spacial score (nSPS) is 13.9. The van der Waals surface area contributed by atoms with Gasteiger partial charge in [-0.3, -0.25) is 0 Å². The zero-order valence-corrected chi connectivity index (χ0v) is 9.04. The average Bonchev–Trinajstić information content (AvgIpc) is 2.05. The topological polar surface area (TPSA) is 27.7 Å². The summed E-state index contributed by atoms with van der Waals surface area (Å²) < 4.78 is 15.1. The monoisotopic (exact) mass is 238 g/mol. The van der Waals surface area contributed by atoms with Crippen LogP contribution in [-0.2, 0) is 14.2 Å². The maximum atomic E-state index is 5.23. The van der Waals surface area contributed by atoms with Crippen molar-refractivity contribution < 1.29 is 14.2 Å². The van der Waals surface area contributed by atoms with E-state index in [1.54, 1.807) is 12.1 Å². The zero-order valence-electron chi connectivity index (χ0n) is 7.46. The largest absolute Gasteiger partial charge is 0.382 e. The minimum atomic E-state index is 0.0759. The first kappa shape index (κ1) is 12.1. The van der Waals surface area contributed by atoms with Gasteiger partial charge in [0.25, 0.3) is 0 Å². The Morgan fingerprint density at radius 1 is 1.42 bits per heavy atom. The van der Waals surface area contributed by atoms with Crippen molar-refractivity contribution in [1.29, 1.82) is 0 Å². The molecule has 0 N–H and O–H groups in total. The van der Waals surface area contributed by atoms with Gasteiger partial charge in [0.05, 0.1) is 19.3 Å². The molecule has 4 heteroatoms. The molecule has 3 nitrogen and oxygen atoms in total. The summed E-state index contributed by atoms with van der Waals surface area (Å²) in [6.07, 6.45) is 1.96. The Morgan fingerprint density at radius 2 is 2.17 bits per heavy atom. The number of hydrogen-bond acceptors (Lipinski definition) is 3. The standard InChI is InChI=1S/C8H15BrO3/c1-8(3-4-9)12-7-11-6-5-10-2/h3-4,8H,5-7H2,1-2H3/t8-/m1/s1. The van der Waals surface area contributed by atoms with Gasteiger partial charge in [0.2, 0.25) is 0 Å². The van der Waals surface area contributed by atoms with Crippen LogP contribution >= 0.6 is 15.9 Å². The van der Waals surface area contributed by atoms with Crippen LogP contribution in [0.25, 0.3) is 0 Å². The third-order valence-corrected chi connectivity index (χ3v) is 1.50. The number of hydrogen-bond donors (Lipinski definition) is 0. The third kappa shape index (κ3) is 8.20. The SMILES string of the molecule is COCCOCO[C@H](C)C=CBr. The fraction of sp³-hybridized carbons (Fsp3) is 0.750. The van der Waals surface area contributed by atoms with Crippen molar-refractivity contribution in [1.82, 2.24) is 0 Å². The molecule has 0 aliphatic carbocycles. The molecule has 0 amide bonds. The summed E-state index contributed by atoms with van der Waals surface area (Å²) in [6.45, 7) is 3.42. The first-order valence-corrected chi connectivity index (χ1v) is 4.68. The Morgan fingerprint density at radius 3 is 2.75 bits per heavy atom. The van der Waals surface area contributed by atoms with Crippen LogP contribution in [0, 0.1) is 0 Å². The molecule has 0 unspecified atom stereocenters. The van der Waals surface area contributed by atoms with E-state index in [2.05, 4.69) is 15.9 Å². The molecule has 0 rings (SSSR count). The van der Waals surface area contributed by atoms with Gasteiger partial charge in [-0.15, -0.1) is 0 Å². The van der Waals surface area contributed by atoms with Crippen LogP contribution in [0.5, 0.6) is 0 Å². The van der Waals surface area contributed by atoms with Crippen LogP contribution in [0.2, 0.25) is 0 Å². The summed E-state index contributed by atoms with van der Waals surface area (Å²) in [5.41, 5.74) is 0. The Kier molecular flexibility index (Phi) is 9.27. The second-order valence-corrected chi connectivity index (χ2v) is 2.74. The van der Waals surface area contributed by atoms with Gasteiger partial charge in [-0.2, -0.15) is 0 Å². The Hall–Kier alpha value is 0.100. The lowest BCUT2D eigenvalue weighted by atomic mass is 10.4. The molecule has 0 fully saturated rings. The van der Waals surface area contributed by atoms with Gasteiger partial charge < -0.3 is 14.2 Å². The molecule has 0 aliphatic heterocycles. The Balaban J connectivity index is 3.08. The van der Waals surface area contributed by atoms with Crippen LogP contribution in [-0.4, -0.2) is 33.2 Å². The van der Waals surface area contributed by atoms with Crippen molar-refractivity contribution in [3.8, 4) is 0 Å². The van der Waals surface area contributed by atoms with E-state index in [0.29, 0.717) is 20.0 Å². The summed E-state index contributed by atoms with van der Waals surface area (Å²) in [5.74, 6) is 0. The molecule has 12 heavy (non-hydrogen) atoms. The molecule has 0 spiro atoms. The predicted molar refractivity (Wildman–Crippen MR) is 51.3 cm³/mol. The van der Waals surface area contributed by atoms with Crippen molar-refractivity contribution in [3.63, 3.8) is 0 Å². The lowest BCUT2D eigenvalue weighted by molar-refractivity contribution is -0.0802. The summed E-state index contributed by atoms with van der Waals surface area (Å²) in [4.78, 5) is 1.77. The van der Waals surface area contributed by atoms with Crippen LogP contribution < -0.4 is 0 Å². The number of methoxy groups -OCH3 is 1. The summed E-state index contributed by atoms with van der Waals surface area (Å²) >= 11 is 3.16. The first-order valence-electron chi connectivity index (χ1n) is 3.76. The second kappa shape index (κ2) is 9.19. The molecule has 0 bridgehead atoms. The number of ether oxygens (including phenoxy) is 3. The molecule has 72 valence electrons. The molecule has 0 radical (unpaired) electrons. The maximum absolute atomic E-state index is 5.23. The molecule has 0 heterocycles. The summed E-state index contributed by atoms with van der Waals surface area (Å²) in [5, 5.41) is 0. The first-order chi connectivity index (χ1) is 5.81. The fourth-order valence-corrected chi connectivity index (χ4v) is 0.944. The van der Waals surface area contributed by atoms with Gasteiger partial charge in [0.1, 0.15) is 6.79 Å². The van der Waals surface area contributed by atoms with Gasteiger partial charge in [0.15, 0.2) is 0 Å². The molecule has 0 aromatic carbocycles. The highest BCUT2D eigenvalue weighted by Crippen LogP contribution is 1.95. The van der Waals surface area contributed by atoms with E-state index in [9.17, 15) is 0 Å². The van der Waals surface area contributed by atoms with E-state index < -0.39 is 0 Å². The van der Waals surface area contributed by atoms with Crippen LogP contribution in [0.4, 0.5) is 0 Å². The van der Waals surface area contributed by atoms with Gasteiger partial charge in [0, 0.05) is 7.11 Å². The van der Waals surface area contributed by atoms with E-state index in [-0.39, 0.29) is 6.10 Å². The molecule has 0 aromatic heterocycles. The summed E-state index contributed by atoms with van der Waals surface area (Å²) in [7, 11) is 1.64. The van der Waals surface area contributed by atoms with Crippen LogP contribution in [0.15, 0.2) is 11.1 Å². The molecular weight excluding hydrogens is 224 g/mol. The molecular formula is C8H15BrO3. The highest BCUT2D eigenvalue weighted by atomic mass is 79.9. The Bertz CT molecular complexity index is 117. The molecule has 1 atom stereocenters. The molecule has 0 saturated heterocycles. The van der Waals surface area contributed by atoms with Crippen molar-refractivity contribution in [2.24, 2.45) is 0 Å². The summed E-state index contributed by atoms with van der Waals surface area (Å²) in [6, 6.07) is 0. The minimum absolute atomic E-state index is 0.0759. The smallest absolute Gasteiger partial charge is 0.147 e. The van der Waals surface area contributed by atoms with Crippen LogP contribution in [0.3, 0.4) is 0 Å². The van der Waals surface area contributed by atoms with Gasteiger partial charge in [-0.05, 0) is 18.0 Å².